The van der Waals surface area contributed by atoms with Gasteiger partial charge in [0.2, 0.25) is 0 Å². The molecule has 0 atom stereocenters. The van der Waals surface area contributed by atoms with Crippen molar-refractivity contribution in [2.45, 2.75) is 19.4 Å². The van der Waals surface area contributed by atoms with Crippen LogP contribution in [0.25, 0.3) is 16.5 Å². The van der Waals surface area contributed by atoms with Crippen LogP contribution in [0.3, 0.4) is 0 Å². The summed E-state index contributed by atoms with van der Waals surface area (Å²) in [5.74, 6) is -1.68. The fraction of sp³-hybridized carbons (Fsp3) is 0.407. The van der Waals surface area contributed by atoms with Gasteiger partial charge in [0.1, 0.15) is 5.82 Å². The first-order valence-electron chi connectivity index (χ1n) is 12.3. The Morgan fingerprint density at radius 2 is 1.37 bits per heavy atom. The number of carboxylic acid groups (broad SMARTS) is 1. The zero-order valence-electron chi connectivity index (χ0n) is 19.8. The first kappa shape index (κ1) is 23.7. The molecule has 0 spiro atoms. The van der Waals surface area contributed by atoms with Gasteiger partial charge >= 0.3 is 5.97 Å². The molecular formula is C27H31FN4O3. The molecule has 35 heavy (non-hydrogen) atoms. The van der Waals surface area contributed by atoms with Crippen molar-refractivity contribution in [3.8, 4) is 5.69 Å². The van der Waals surface area contributed by atoms with Crippen LogP contribution in [0.15, 0.2) is 53.3 Å². The third-order valence-corrected chi connectivity index (χ3v) is 7.27. The number of aromatic nitrogens is 1. The summed E-state index contributed by atoms with van der Waals surface area (Å²) in [7, 11) is 0. The van der Waals surface area contributed by atoms with Crippen molar-refractivity contribution in [2.75, 3.05) is 52.4 Å². The van der Waals surface area contributed by atoms with Gasteiger partial charge in [-0.25, -0.2) is 9.18 Å². The third kappa shape index (κ3) is 4.87. The molecule has 0 amide bonds. The lowest BCUT2D eigenvalue weighted by molar-refractivity contribution is 0.0693. The Labute approximate surface area is 204 Å². The van der Waals surface area contributed by atoms with Gasteiger partial charge in [-0.1, -0.05) is 30.3 Å². The lowest BCUT2D eigenvalue weighted by Gasteiger charge is -2.36. The van der Waals surface area contributed by atoms with Gasteiger partial charge in [-0.3, -0.25) is 19.2 Å². The molecule has 2 aromatic carbocycles. The predicted octanol–water partition coefficient (Wildman–Crippen LogP) is 3.04. The fourth-order valence-corrected chi connectivity index (χ4v) is 5.35. The number of hydrogen-bond acceptors (Lipinski definition) is 5. The molecule has 184 valence electrons. The number of carboxylic acids is 1. The molecule has 2 aliphatic rings. The van der Waals surface area contributed by atoms with Crippen molar-refractivity contribution in [3.63, 3.8) is 0 Å². The second-order valence-corrected chi connectivity index (χ2v) is 9.43. The summed E-state index contributed by atoms with van der Waals surface area (Å²) in [5.41, 5.74) is 0.0386. The van der Waals surface area contributed by atoms with E-state index in [0.29, 0.717) is 11.1 Å². The standard InChI is InChI=1S/C27H31FN4O3/c28-22-9-3-4-10-23(22)32-24(25(27(34)35)20-7-1-2-8-21(20)26(32)33)19-31-17-15-30(16-18-31)14-13-29-11-5-6-12-29/h1-4,7-10H,5-6,11-19H2,(H,34,35). The van der Waals surface area contributed by atoms with E-state index >= 15 is 0 Å². The topological polar surface area (TPSA) is 69.0 Å². The lowest BCUT2D eigenvalue weighted by atomic mass is 10.0. The van der Waals surface area contributed by atoms with E-state index in [9.17, 15) is 19.1 Å². The monoisotopic (exact) mass is 478 g/mol. The van der Waals surface area contributed by atoms with E-state index in [4.69, 9.17) is 0 Å². The molecule has 0 aliphatic carbocycles. The lowest BCUT2D eigenvalue weighted by Crippen LogP contribution is -2.48. The number of pyridine rings is 1. The van der Waals surface area contributed by atoms with Crippen LogP contribution in [0.2, 0.25) is 0 Å². The molecule has 3 aromatic rings. The van der Waals surface area contributed by atoms with Gasteiger partial charge in [0.25, 0.3) is 5.56 Å². The Balaban J connectivity index is 1.47. The maximum atomic E-state index is 14.9. The van der Waals surface area contributed by atoms with Crippen molar-refractivity contribution < 1.29 is 14.3 Å². The normalized spacial score (nSPS) is 17.9. The number of hydrogen-bond donors (Lipinski definition) is 1. The SMILES string of the molecule is O=C(O)c1c(CN2CCN(CCN3CCCC3)CC2)n(-c2ccccc2F)c(=O)c2ccccc12. The fourth-order valence-electron chi connectivity index (χ4n) is 5.35. The van der Waals surface area contributed by atoms with Crippen LogP contribution in [0.5, 0.6) is 0 Å². The van der Waals surface area contributed by atoms with E-state index in [1.54, 1.807) is 36.4 Å². The third-order valence-electron chi connectivity index (χ3n) is 7.27. The highest BCUT2D eigenvalue weighted by molar-refractivity contribution is 6.04. The zero-order chi connectivity index (χ0) is 24.4. The molecule has 8 heteroatoms. The minimum Gasteiger partial charge on any atom is -0.478 e. The molecule has 0 saturated carbocycles. The van der Waals surface area contributed by atoms with Crippen LogP contribution in [0, 0.1) is 5.82 Å². The van der Waals surface area contributed by atoms with Gasteiger partial charge in [-0.2, -0.15) is 0 Å². The Morgan fingerprint density at radius 1 is 0.800 bits per heavy atom. The van der Waals surface area contributed by atoms with Crippen LogP contribution >= 0.6 is 0 Å². The van der Waals surface area contributed by atoms with Gasteiger partial charge in [0, 0.05) is 56.6 Å². The van der Waals surface area contributed by atoms with Crippen LogP contribution in [0.4, 0.5) is 4.39 Å². The number of carbonyl (C=O) groups is 1. The molecule has 2 fully saturated rings. The van der Waals surface area contributed by atoms with E-state index < -0.39 is 17.3 Å². The van der Waals surface area contributed by atoms with E-state index in [0.717, 1.165) is 39.3 Å². The van der Waals surface area contributed by atoms with E-state index in [1.165, 1.54) is 42.6 Å². The molecule has 0 radical (unpaired) electrons. The van der Waals surface area contributed by atoms with Crippen molar-refractivity contribution >= 4 is 16.7 Å². The number of benzene rings is 2. The van der Waals surface area contributed by atoms with Gasteiger partial charge in [-0.05, 0) is 44.1 Å². The van der Waals surface area contributed by atoms with Crippen molar-refractivity contribution in [1.29, 1.82) is 0 Å². The van der Waals surface area contributed by atoms with Gasteiger partial charge < -0.3 is 10.0 Å². The molecule has 7 nitrogen and oxygen atoms in total. The number of piperazine rings is 1. The van der Waals surface area contributed by atoms with Crippen LogP contribution in [-0.2, 0) is 6.54 Å². The number of aromatic carboxylic acids is 1. The number of para-hydroxylation sites is 1. The van der Waals surface area contributed by atoms with Gasteiger partial charge in [-0.15, -0.1) is 0 Å². The predicted molar refractivity (Wildman–Crippen MR) is 134 cm³/mol. The summed E-state index contributed by atoms with van der Waals surface area (Å²) < 4.78 is 16.1. The number of fused-ring (bicyclic) bond motifs is 1. The molecule has 0 bridgehead atoms. The highest BCUT2D eigenvalue weighted by atomic mass is 19.1. The number of rotatable bonds is 7. The molecular weight excluding hydrogens is 447 g/mol. The smallest absolute Gasteiger partial charge is 0.338 e. The number of nitrogens with zero attached hydrogens (tertiary/aromatic N) is 4. The zero-order valence-corrected chi connectivity index (χ0v) is 19.8. The molecule has 5 rings (SSSR count). The maximum absolute atomic E-state index is 14.9. The molecule has 1 aromatic heterocycles. The van der Waals surface area contributed by atoms with Gasteiger partial charge in [0.05, 0.1) is 16.9 Å². The first-order valence-corrected chi connectivity index (χ1v) is 12.3. The maximum Gasteiger partial charge on any atom is 0.338 e. The highest BCUT2D eigenvalue weighted by Gasteiger charge is 2.26. The minimum absolute atomic E-state index is 0.0555. The molecule has 0 unspecified atom stereocenters. The Hall–Kier alpha value is -3.07. The summed E-state index contributed by atoms with van der Waals surface area (Å²) in [4.78, 5) is 33.1. The quantitative estimate of drug-likeness (QED) is 0.563. The molecule has 1 N–H and O–H groups in total. The van der Waals surface area contributed by atoms with Crippen molar-refractivity contribution in [1.82, 2.24) is 19.3 Å². The Bertz CT molecular complexity index is 1280. The Morgan fingerprint density at radius 3 is 2.03 bits per heavy atom. The first-order chi connectivity index (χ1) is 17.0. The van der Waals surface area contributed by atoms with Gasteiger partial charge in [0.15, 0.2) is 0 Å². The number of halogens is 1. The summed E-state index contributed by atoms with van der Waals surface area (Å²) in [5, 5.41) is 10.9. The second kappa shape index (κ2) is 10.3. The average molecular weight is 479 g/mol. The number of likely N-dealkylation sites (tertiary alicyclic amines) is 1. The average Bonchev–Trinajstić information content (AvgIpc) is 3.38. The Kier molecular flexibility index (Phi) is 6.95. The highest BCUT2D eigenvalue weighted by Crippen LogP contribution is 2.25. The van der Waals surface area contributed by atoms with E-state index in [1.807, 2.05) is 0 Å². The largest absolute Gasteiger partial charge is 0.478 e. The molecule has 3 heterocycles. The minimum atomic E-state index is -1.12. The summed E-state index contributed by atoms with van der Waals surface area (Å²) in [6.07, 6.45) is 2.57. The molecule has 2 saturated heterocycles. The summed E-state index contributed by atoms with van der Waals surface area (Å²) in [6.45, 7) is 8.04. The van der Waals surface area contributed by atoms with E-state index in [2.05, 4.69) is 14.7 Å². The van der Waals surface area contributed by atoms with E-state index in [-0.39, 0.29) is 23.2 Å². The second-order valence-electron chi connectivity index (χ2n) is 9.43. The van der Waals surface area contributed by atoms with Crippen LogP contribution in [-0.4, -0.2) is 82.7 Å². The van der Waals surface area contributed by atoms with Crippen molar-refractivity contribution in [2.24, 2.45) is 0 Å². The van der Waals surface area contributed by atoms with Crippen molar-refractivity contribution in [3.05, 3.63) is 76.0 Å². The molecule has 2 aliphatic heterocycles. The van der Waals surface area contributed by atoms with Crippen LogP contribution < -0.4 is 5.56 Å². The summed E-state index contributed by atoms with van der Waals surface area (Å²) >= 11 is 0. The summed E-state index contributed by atoms with van der Waals surface area (Å²) in [6, 6.07) is 12.7. The van der Waals surface area contributed by atoms with Crippen LogP contribution in [0.1, 0.15) is 28.9 Å².